The molecule has 3 rings (SSSR count). The predicted molar refractivity (Wildman–Crippen MR) is 91.1 cm³/mol. The van der Waals surface area contributed by atoms with Crippen molar-refractivity contribution in [3.05, 3.63) is 65.9 Å². The number of nitrogens with one attached hydrogen (secondary N) is 1. The maximum Gasteiger partial charge on any atom is 0.244 e. The molecule has 0 saturated carbocycles. The van der Waals surface area contributed by atoms with Crippen molar-refractivity contribution in [1.82, 2.24) is 4.57 Å². The smallest absolute Gasteiger partial charge is 0.244 e. The van der Waals surface area contributed by atoms with E-state index >= 15 is 0 Å². The van der Waals surface area contributed by atoms with Gasteiger partial charge in [-0.15, -0.1) is 0 Å². The molecule has 2 aromatic carbocycles. The first-order valence-corrected chi connectivity index (χ1v) is 7.29. The Morgan fingerprint density at radius 2 is 1.96 bits per heavy atom. The molecule has 1 aromatic heterocycles. The first-order valence-electron chi connectivity index (χ1n) is 7.29. The van der Waals surface area contributed by atoms with Gasteiger partial charge in [0.05, 0.1) is 6.21 Å². The monoisotopic (exact) mass is 307 g/mol. The molecule has 1 heterocycles. The van der Waals surface area contributed by atoms with E-state index in [0.29, 0.717) is 0 Å². The van der Waals surface area contributed by atoms with E-state index in [2.05, 4.69) is 10.5 Å². The van der Waals surface area contributed by atoms with Gasteiger partial charge in [-0.1, -0.05) is 41.1 Å². The Morgan fingerprint density at radius 3 is 2.70 bits per heavy atom. The molecule has 1 amide bonds. The summed E-state index contributed by atoms with van der Waals surface area (Å²) in [7, 11) is 0. The highest BCUT2D eigenvalue weighted by Crippen LogP contribution is 2.20. The van der Waals surface area contributed by atoms with Gasteiger partial charge in [-0.25, -0.2) is 0 Å². The third-order valence-electron chi connectivity index (χ3n) is 3.67. The minimum Gasteiger partial charge on any atom is -0.411 e. The van der Waals surface area contributed by atoms with Crippen molar-refractivity contribution in [3.63, 3.8) is 0 Å². The van der Waals surface area contributed by atoms with Crippen LogP contribution in [0.5, 0.6) is 0 Å². The highest BCUT2D eigenvalue weighted by atomic mass is 16.4. The van der Waals surface area contributed by atoms with E-state index in [-0.39, 0.29) is 12.5 Å². The number of carbonyl (C=O) groups excluding carboxylic acids is 1. The summed E-state index contributed by atoms with van der Waals surface area (Å²) in [6, 6.07) is 15.4. The van der Waals surface area contributed by atoms with E-state index in [4.69, 9.17) is 5.21 Å². The van der Waals surface area contributed by atoms with Gasteiger partial charge in [-0.3, -0.25) is 4.79 Å². The van der Waals surface area contributed by atoms with Crippen molar-refractivity contribution in [2.75, 3.05) is 5.32 Å². The van der Waals surface area contributed by atoms with Gasteiger partial charge in [-0.05, 0) is 25.1 Å². The second kappa shape index (κ2) is 6.36. The lowest BCUT2D eigenvalue weighted by Gasteiger charge is -2.07. The Kier molecular flexibility index (Phi) is 4.10. The molecule has 0 aliphatic heterocycles. The molecule has 23 heavy (non-hydrogen) atoms. The number of para-hydroxylation sites is 1. The van der Waals surface area contributed by atoms with Crippen molar-refractivity contribution >= 4 is 28.7 Å². The lowest BCUT2D eigenvalue weighted by molar-refractivity contribution is -0.116. The van der Waals surface area contributed by atoms with Crippen LogP contribution in [-0.4, -0.2) is 21.9 Å². The average Bonchev–Trinajstić information content (AvgIpc) is 2.88. The van der Waals surface area contributed by atoms with E-state index in [9.17, 15) is 4.79 Å². The summed E-state index contributed by atoms with van der Waals surface area (Å²) < 4.78 is 1.84. The molecule has 0 fully saturated rings. The van der Waals surface area contributed by atoms with Crippen LogP contribution in [0.25, 0.3) is 10.9 Å². The van der Waals surface area contributed by atoms with Gasteiger partial charge >= 0.3 is 0 Å². The fraction of sp³-hybridized carbons (Fsp3) is 0.111. The van der Waals surface area contributed by atoms with Gasteiger partial charge in [0.2, 0.25) is 5.91 Å². The zero-order valence-corrected chi connectivity index (χ0v) is 12.7. The van der Waals surface area contributed by atoms with Crippen molar-refractivity contribution < 1.29 is 10.0 Å². The second-order valence-electron chi connectivity index (χ2n) is 5.39. The minimum atomic E-state index is -0.109. The van der Waals surface area contributed by atoms with Gasteiger partial charge in [0, 0.05) is 28.4 Å². The van der Waals surface area contributed by atoms with Crippen molar-refractivity contribution in [2.24, 2.45) is 5.16 Å². The van der Waals surface area contributed by atoms with E-state index in [0.717, 1.165) is 27.7 Å². The van der Waals surface area contributed by atoms with E-state index in [1.807, 2.05) is 60.0 Å². The Hall–Kier alpha value is -3.08. The van der Waals surface area contributed by atoms with E-state index < -0.39 is 0 Å². The molecule has 116 valence electrons. The maximum atomic E-state index is 12.3. The quantitative estimate of drug-likeness (QED) is 0.441. The van der Waals surface area contributed by atoms with Crippen LogP contribution < -0.4 is 5.32 Å². The summed E-state index contributed by atoms with van der Waals surface area (Å²) in [5.41, 5.74) is 3.61. The summed E-state index contributed by atoms with van der Waals surface area (Å²) in [6.07, 6.45) is 3.18. The van der Waals surface area contributed by atoms with Gasteiger partial charge in [0.25, 0.3) is 0 Å². The summed E-state index contributed by atoms with van der Waals surface area (Å²) in [5, 5.41) is 15.7. The minimum absolute atomic E-state index is 0.109. The third kappa shape index (κ3) is 3.23. The number of fused-ring (bicyclic) bond motifs is 1. The first kappa shape index (κ1) is 14.8. The molecule has 0 saturated heterocycles. The standard InChI is InChI=1S/C18H17N3O2/c1-13-6-8-15(9-7-13)20-18(22)12-21-11-14(10-19-23)16-4-2-3-5-17(16)21/h2-11,23H,12H2,1H3,(H,20,22). The average molecular weight is 307 g/mol. The number of nitrogens with zero attached hydrogens (tertiary/aromatic N) is 2. The van der Waals surface area contributed by atoms with Gasteiger partial charge in [0.1, 0.15) is 6.54 Å². The number of amides is 1. The molecule has 0 bridgehead atoms. The number of benzene rings is 2. The lowest BCUT2D eigenvalue weighted by atomic mass is 10.2. The Morgan fingerprint density at radius 1 is 1.22 bits per heavy atom. The summed E-state index contributed by atoms with van der Waals surface area (Å²) in [5.74, 6) is -0.109. The number of anilines is 1. The first-order chi connectivity index (χ1) is 11.2. The largest absolute Gasteiger partial charge is 0.411 e. The van der Waals surface area contributed by atoms with Crippen molar-refractivity contribution in [3.8, 4) is 0 Å². The molecule has 0 spiro atoms. The van der Waals surface area contributed by atoms with Crippen LogP contribution in [0.4, 0.5) is 5.69 Å². The molecule has 0 radical (unpaired) electrons. The molecular weight excluding hydrogens is 290 g/mol. The van der Waals surface area contributed by atoms with Crippen LogP contribution in [0, 0.1) is 6.92 Å². The number of hydrogen-bond acceptors (Lipinski definition) is 3. The van der Waals surface area contributed by atoms with Crippen LogP contribution >= 0.6 is 0 Å². The number of rotatable bonds is 4. The zero-order valence-electron chi connectivity index (χ0n) is 12.7. The summed E-state index contributed by atoms with van der Waals surface area (Å²) in [4.78, 5) is 12.3. The number of oxime groups is 1. The van der Waals surface area contributed by atoms with Crippen LogP contribution in [0.3, 0.4) is 0 Å². The molecule has 0 aliphatic rings. The van der Waals surface area contributed by atoms with Gasteiger partial charge < -0.3 is 15.1 Å². The highest BCUT2D eigenvalue weighted by Gasteiger charge is 2.10. The summed E-state index contributed by atoms with van der Waals surface area (Å²) >= 11 is 0. The number of aromatic nitrogens is 1. The Labute approximate surface area is 133 Å². The molecule has 2 N–H and O–H groups in total. The Bertz CT molecular complexity index is 864. The topological polar surface area (TPSA) is 66.6 Å². The van der Waals surface area contributed by atoms with Crippen LogP contribution in [0.15, 0.2) is 59.9 Å². The number of carbonyl (C=O) groups is 1. The molecule has 5 nitrogen and oxygen atoms in total. The van der Waals surface area contributed by atoms with Gasteiger partial charge in [-0.2, -0.15) is 0 Å². The molecule has 5 heteroatoms. The van der Waals surface area contributed by atoms with E-state index in [1.165, 1.54) is 6.21 Å². The zero-order chi connectivity index (χ0) is 16.2. The SMILES string of the molecule is Cc1ccc(NC(=O)Cn2cc(C=NO)c3ccccc32)cc1. The highest BCUT2D eigenvalue weighted by molar-refractivity contribution is 6.00. The normalized spacial score (nSPS) is 11.2. The Balaban J connectivity index is 1.83. The number of aryl methyl sites for hydroxylation is 1. The van der Waals surface area contributed by atoms with Gasteiger partial charge in [0.15, 0.2) is 0 Å². The second-order valence-corrected chi connectivity index (χ2v) is 5.39. The van der Waals surface area contributed by atoms with E-state index in [1.54, 1.807) is 6.20 Å². The molecule has 3 aromatic rings. The van der Waals surface area contributed by atoms with Crippen molar-refractivity contribution in [1.29, 1.82) is 0 Å². The molecule has 0 atom stereocenters. The fourth-order valence-electron chi connectivity index (χ4n) is 2.56. The van der Waals surface area contributed by atoms with Crippen LogP contribution in [0.1, 0.15) is 11.1 Å². The van der Waals surface area contributed by atoms with Crippen LogP contribution in [-0.2, 0) is 11.3 Å². The maximum absolute atomic E-state index is 12.3. The lowest BCUT2D eigenvalue weighted by Crippen LogP contribution is -2.18. The molecular formula is C18H17N3O2. The summed E-state index contributed by atoms with van der Waals surface area (Å²) in [6.45, 7) is 2.19. The van der Waals surface area contributed by atoms with Crippen LogP contribution in [0.2, 0.25) is 0 Å². The third-order valence-corrected chi connectivity index (χ3v) is 3.67. The predicted octanol–water partition coefficient (Wildman–Crippen LogP) is 3.40. The van der Waals surface area contributed by atoms with Crippen molar-refractivity contribution in [2.45, 2.75) is 13.5 Å². The fourth-order valence-corrected chi connectivity index (χ4v) is 2.56. The molecule has 0 unspecified atom stereocenters. The number of hydrogen-bond donors (Lipinski definition) is 2. The molecule has 0 aliphatic carbocycles.